The molecule has 0 aliphatic heterocycles. The minimum Gasteiger partial charge on any atom is -0.394 e. The lowest BCUT2D eigenvalue weighted by molar-refractivity contribution is -0.0288. The van der Waals surface area contributed by atoms with E-state index in [1.807, 2.05) is 0 Å². The van der Waals surface area contributed by atoms with Gasteiger partial charge in [-0.25, -0.2) is 0 Å². The van der Waals surface area contributed by atoms with Gasteiger partial charge in [-0.05, 0) is 0 Å². The first kappa shape index (κ1) is 11.8. The summed E-state index contributed by atoms with van der Waals surface area (Å²) in [5.74, 6) is 0. The highest BCUT2D eigenvalue weighted by Gasteiger charge is 2.05. The fourth-order valence-corrected chi connectivity index (χ4v) is 0.683. The molecule has 0 heterocycles. The first-order valence-corrected chi connectivity index (χ1v) is 3.96. The van der Waals surface area contributed by atoms with Gasteiger partial charge in [-0.2, -0.15) is 0 Å². The number of rotatable bonds is 8. The normalized spacial score (nSPS) is 13.2. The minimum absolute atomic E-state index is 0.00269. The Hall–Kier alpha value is -0.200. The van der Waals surface area contributed by atoms with Crippen molar-refractivity contribution in [2.75, 3.05) is 39.6 Å². The van der Waals surface area contributed by atoms with Gasteiger partial charge in [-0.3, -0.25) is 0 Å². The van der Waals surface area contributed by atoms with E-state index in [0.29, 0.717) is 19.8 Å². The van der Waals surface area contributed by atoms with Crippen molar-refractivity contribution in [3.8, 4) is 0 Å². The van der Waals surface area contributed by atoms with Crippen molar-refractivity contribution in [1.82, 2.24) is 0 Å². The van der Waals surface area contributed by atoms with Crippen LogP contribution in [0.4, 0.5) is 0 Å². The highest BCUT2D eigenvalue weighted by Crippen LogP contribution is 1.90. The van der Waals surface area contributed by atoms with Gasteiger partial charge in [-0.15, -0.1) is 0 Å². The SMILES string of the molecule is NCC(COCCO)OCCO. The molecule has 0 aromatic carbocycles. The van der Waals surface area contributed by atoms with Gasteiger partial charge in [0.1, 0.15) is 0 Å². The number of hydrogen-bond acceptors (Lipinski definition) is 5. The molecule has 5 heteroatoms. The predicted octanol–water partition coefficient (Wildman–Crippen LogP) is -1.67. The Morgan fingerprint density at radius 2 is 1.83 bits per heavy atom. The average molecular weight is 179 g/mol. The number of nitrogens with two attached hydrogens (primary N) is 1. The van der Waals surface area contributed by atoms with Crippen LogP contribution in [0.25, 0.3) is 0 Å². The van der Waals surface area contributed by atoms with Gasteiger partial charge in [0.25, 0.3) is 0 Å². The van der Waals surface area contributed by atoms with Crippen molar-refractivity contribution in [2.45, 2.75) is 6.10 Å². The molecule has 0 rings (SSSR count). The Bertz CT molecular complexity index is 91.5. The van der Waals surface area contributed by atoms with Gasteiger partial charge in [0.05, 0.1) is 39.1 Å². The molecule has 12 heavy (non-hydrogen) atoms. The van der Waals surface area contributed by atoms with Crippen molar-refractivity contribution in [2.24, 2.45) is 5.73 Å². The van der Waals surface area contributed by atoms with E-state index in [1.165, 1.54) is 0 Å². The summed E-state index contributed by atoms with van der Waals surface area (Å²) < 4.78 is 10.1. The molecule has 1 atom stereocenters. The average Bonchev–Trinajstić information content (AvgIpc) is 2.11. The van der Waals surface area contributed by atoms with Crippen LogP contribution in [0, 0.1) is 0 Å². The number of hydrogen-bond donors (Lipinski definition) is 3. The summed E-state index contributed by atoms with van der Waals surface area (Å²) in [5.41, 5.74) is 5.35. The molecule has 0 aromatic heterocycles. The lowest BCUT2D eigenvalue weighted by Crippen LogP contribution is -2.30. The monoisotopic (exact) mass is 179 g/mol. The van der Waals surface area contributed by atoms with Gasteiger partial charge in [-0.1, -0.05) is 0 Å². The lowest BCUT2D eigenvalue weighted by atomic mass is 10.4. The van der Waals surface area contributed by atoms with Crippen LogP contribution in [0.15, 0.2) is 0 Å². The molecule has 0 aliphatic rings. The fraction of sp³-hybridized carbons (Fsp3) is 1.00. The zero-order valence-electron chi connectivity index (χ0n) is 7.11. The molecule has 0 fully saturated rings. The Morgan fingerprint density at radius 3 is 2.33 bits per heavy atom. The molecule has 0 saturated heterocycles. The summed E-state index contributed by atoms with van der Waals surface area (Å²) >= 11 is 0. The number of aliphatic hydroxyl groups excluding tert-OH is 2. The lowest BCUT2D eigenvalue weighted by Gasteiger charge is -2.14. The molecule has 0 aliphatic carbocycles. The molecular formula is C7H17NO4. The number of aliphatic hydroxyl groups is 2. The second-order valence-corrected chi connectivity index (χ2v) is 2.25. The molecule has 74 valence electrons. The summed E-state index contributed by atoms with van der Waals surface area (Å²) in [6.07, 6.45) is -0.191. The largest absolute Gasteiger partial charge is 0.394 e. The van der Waals surface area contributed by atoms with E-state index in [0.717, 1.165) is 0 Å². The molecule has 5 nitrogen and oxygen atoms in total. The van der Waals surface area contributed by atoms with Crippen molar-refractivity contribution < 1.29 is 19.7 Å². The van der Waals surface area contributed by atoms with Crippen molar-refractivity contribution in [1.29, 1.82) is 0 Å². The molecule has 0 saturated carbocycles. The van der Waals surface area contributed by atoms with E-state index >= 15 is 0 Å². The van der Waals surface area contributed by atoms with Crippen LogP contribution in [0.5, 0.6) is 0 Å². The van der Waals surface area contributed by atoms with Crippen molar-refractivity contribution >= 4 is 0 Å². The second-order valence-electron chi connectivity index (χ2n) is 2.25. The van der Waals surface area contributed by atoms with Gasteiger partial charge in [0.15, 0.2) is 0 Å². The van der Waals surface area contributed by atoms with E-state index in [-0.39, 0.29) is 25.9 Å². The molecular weight excluding hydrogens is 162 g/mol. The van der Waals surface area contributed by atoms with Gasteiger partial charge < -0.3 is 25.4 Å². The third-order valence-corrected chi connectivity index (χ3v) is 1.25. The van der Waals surface area contributed by atoms with E-state index in [9.17, 15) is 0 Å². The Balaban J connectivity index is 3.26. The van der Waals surface area contributed by atoms with E-state index < -0.39 is 0 Å². The highest BCUT2D eigenvalue weighted by molar-refractivity contribution is 4.56. The standard InChI is InChI=1S/C7H17NO4/c8-5-7(12-4-2-10)6-11-3-1-9/h7,9-10H,1-6,8H2. The van der Waals surface area contributed by atoms with Gasteiger partial charge >= 0.3 is 0 Å². The smallest absolute Gasteiger partial charge is 0.0931 e. The minimum atomic E-state index is -0.191. The van der Waals surface area contributed by atoms with Gasteiger partial charge in [0.2, 0.25) is 0 Å². The maximum Gasteiger partial charge on any atom is 0.0931 e. The third-order valence-electron chi connectivity index (χ3n) is 1.25. The molecule has 0 amide bonds. The summed E-state index contributed by atoms with van der Waals surface area (Å²) in [4.78, 5) is 0. The highest BCUT2D eigenvalue weighted by atomic mass is 16.5. The first-order chi connectivity index (χ1) is 5.85. The Kier molecular flexibility index (Phi) is 8.74. The second kappa shape index (κ2) is 8.89. The van der Waals surface area contributed by atoms with E-state index in [2.05, 4.69) is 0 Å². The first-order valence-electron chi connectivity index (χ1n) is 3.96. The predicted molar refractivity (Wildman–Crippen MR) is 43.8 cm³/mol. The van der Waals surface area contributed by atoms with Crippen molar-refractivity contribution in [3.63, 3.8) is 0 Å². The zero-order chi connectivity index (χ0) is 9.23. The summed E-state index contributed by atoms with van der Waals surface area (Å²) in [7, 11) is 0. The van der Waals surface area contributed by atoms with E-state index in [1.54, 1.807) is 0 Å². The molecule has 0 spiro atoms. The van der Waals surface area contributed by atoms with Crippen LogP contribution in [0.2, 0.25) is 0 Å². The summed E-state index contributed by atoms with van der Waals surface area (Å²) in [6, 6.07) is 0. The van der Waals surface area contributed by atoms with E-state index in [4.69, 9.17) is 25.4 Å². The Labute approximate surface area is 72.1 Å². The van der Waals surface area contributed by atoms with Crippen LogP contribution in [0.3, 0.4) is 0 Å². The quantitative estimate of drug-likeness (QED) is 0.388. The summed E-state index contributed by atoms with van der Waals surface area (Å²) in [6.45, 7) is 1.25. The molecule has 0 bridgehead atoms. The number of ether oxygens (including phenoxy) is 2. The molecule has 0 aromatic rings. The zero-order valence-corrected chi connectivity index (χ0v) is 7.11. The third kappa shape index (κ3) is 6.51. The van der Waals surface area contributed by atoms with Crippen molar-refractivity contribution in [3.05, 3.63) is 0 Å². The maximum absolute atomic E-state index is 8.44. The van der Waals surface area contributed by atoms with Crippen LogP contribution < -0.4 is 5.73 Å². The fourth-order valence-electron chi connectivity index (χ4n) is 0.683. The molecule has 1 unspecified atom stereocenters. The van der Waals surface area contributed by atoms with Crippen LogP contribution in [-0.4, -0.2) is 55.9 Å². The van der Waals surface area contributed by atoms with Gasteiger partial charge in [0, 0.05) is 6.54 Å². The topological polar surface area (TPSA) is 84.9 Å². The maximum atomic E-state index is 8.44. The Morgan fingerprint density at radius 1 is 1.17 bits per heavy atom. The molecule has 4 N–H and O–H groups in total. The molecule has 0 radical (unpaired) electrons. The van der Waals surface area contributed by atoms with Crippen LogP contribution in [-0.2, 0) is 9.47 Å². The van der Waals surface area contributed by atoms with Crippen LogP contribution >= 0.6 is 0 Å². The summed E-state index contributed by atoms with van der Waals surface area (Å²) in [5, 5.41) is 16.8. The van der Waals surface area contributed by atoms with Crippen LogP contribution in [0.1, 0.15) is 0 Å².